The predicted octanol–water partition coefficient (Wildman–Crippen LogP) is 0.860. The molecule has 2 rings (SSSR count). The highest BCUT2D eigenvalue weighted by atomic mass is 32.2. The lowest BCUT2D eigenvalue weighted by molar-refractivity contribution is 0.443. The molecular weight excluding hydrogens is 296 g/mol. The summed E-state index contributed by atoms with van der Waals surface area (Å²) in [5, 5.41) is 6.19. The molecule has 1 saturated carbocycles. The molecule has 1 heterocycles. The molecule has 0 unspecified atom stereocenters. The van der Waals surface area contributed by atoms with Gasteiger partial charge in [0.05, 0.1) is 17.2 Å². The van der Waals surface area contributed by atoms with Crippen LogP contribution in [0.3, 0.4) is 0 Å². The third-order valence-corrected chi connectivity index (χ3v) is 5.51. The number of nitrogens with zero attached hydrogens (tertiary/aromatic N) is 2. The molecule has 0 aliphatic heterocycles. The van der Waals surface area contributed by atoms with Crippen molar-refractivity contribution in [3.8, 4) is 0 Å². The van der Waals surface area contributed by atoms with Gasteiger partial charge in [0.15, 0.2) is 0 Å². The normalized spacial score (nSPS) is 15.9. The first-order valence-corrected chi connectivity index (χ1v) is 9.14. The molecule has 0 spiro atoms. The van der Waals surface area contributed by atoms with E-state index in [1.165, 1.54) is 28.5 Å². The molecular formula is C12H22N4O2S2. The number of aromatic nitrogens is 1. The van der Waals surface area contributed by atoms with Crippen LogP contribution in [0, 0.1) is 6.92 Å². The van der Waals surface area contributed by atoms with Crippen LogP contribution in [0.15, 0.2) is 5.38 Å². The third-order valence-electron chi connectivity index (χ3n) is 3.17. The van der Waals surface area contributed by atoms with Gasteiger partial charge in [-0.3, -0.25) is 0 Å². The zero-order chi connectivity index (χ0) is 14.6. The Hall–Kier alpha value is -0.540. The molecule has 8 heteroatoms. The van der Waals surface area contributed by atoms with E-state index in [2.05, 4.69) is 15.0 Å². The van der Waals surface area contributed by atoms with Crippen LogP contribution in [-0.4, -0.2) is 43.9 Å². The Bertz CT molecular complexity index is 525. The maximum atomic E-state index is 12.0. The molecule has 20 heavy (non-hydrogen) atoms. The molecule has 0 amide bonds. The smallest absolute Gasteiger partial charge is 0.279 e. The van der Waals surface area contributed by atoms with Crippen LogP contribution < -0.4 is 10.0 Å². The first-order valence-electron chi connectivity index (χ1n) is 6.83. The van der Waals surface area contributed by atoms with E-state index in [0.717, 1.165) is 23.7 Å². The summed E-state index contributed by atoms with van der Waals surface area (Å²) in [6.45, 7) is 3.54. The highest BCUT2D eigenvalue weighted by Gasteiger charge is 2.20. The van der Waals surface area contributed by atoms with E-state index in [0.29, 0.717) is 12.6 Å². The third kappa shape index (κ3) is 5.10. The van der Waals surface area contributed by atoms with Gasteiger partial charge in [0.25, 0.3) is 10.2 Å². The van der Waals surface area contributed by atoms with Crippen LogP contribution >= 0.6 is 11.3 Å². The average Bonchev–Trinajstić information content (AvgIpc) is 3.13. The van der Waals surface area contributed by atoms with Crippen molar-refractivity contribution in [1.29, 1.82) is 0 Å². The second kappa shape index (κ2) is 6.95. The molecule has 1 aromatic heterocycles. The number of thiazole rings is 1. The van der Waals surface area contributed by atoms with Crippen molar-refractivity contribution in [3.63, 3.8) is 0 Å². The number of aryl methyl sites for hydroxylation is 1. The minimum Gasteiger partial charge on any atom is -0.314 e. The Labute approximate surface area is 124 Å². The first-order chi connectivity index (χ1) is 9.47. The molecule has 2 N–H and O–H groups in total. The number of rotatable bonds is 9. The van der Waals surface area contributed by atoms with Crippen molar-refractivity contribution in [2.24, 2.45) is 0 Å². The van der Waals surface area contributed by atoms with Gasteiger partial charge in [0, 0.05) is 25.0 Å². The van der Waals surface area contributed by atoms with Gasteiger partial charge in [0.1, 0.15) is 0 Å². The van der Waals surface area contributed by atoms with Crippen molar-refractivity contribution >= 4 is 21.5 Å². The van der Waals surface area contributed by atoms with E-state index in [4.69, 9.17) is 0 Å². The second-order valence-electron chi connectivity index (χ2n) is 5.09. The van der Waals surface area contributed by atoms with E-state index in [1.807, 2.05) is 12.3 Å². The predicted molar refractivity (Wildman–Crippen MR) is 80.9 cm³/mol. The minimum atomic E-state index is -3.41. The van der Waals surface area contributed by atoms with Crippen LogP contribution in [0.1, 0.15) is 30.0 Å². The second-order valence-corrected chi connectivity index (χ2v) is 8.01. The van der Waals surface area contributed by atoms with E-state index in [9.17, 15) is 8.42 Å². The molecule has 0 atom stereocenters. The van der Waals surface area contributed by atoms with Crippen LogP contribution in [0.4, 0.5) is 0 Å². The van der Waals surface area contributed by atoms with E-state index in [1.54, 1.807) is 7.05 Å². The lowest BCUT2D eigenvalue weighted by Crippen LogP contribution is -2.39. The molecule has 0 bridgehead atoms. The Morgan fingerprint density at radius 1 is 1.50 bits per heavy atom. The highest BCUT2D eigenvalue weighted by Crippen LogP contribution is 2.18. The average molecular weight is 318 g/mol. The molecule has 1 aromatic rings. The molecule has 114 valence electrons. The van der Waals surface area contributed by atoms with E-state index >= 15 is 0 Å². The fourth-order valence-corrected chi connectivity index (χ4v) is 3.31. The summed E-state index contributed by atoms with van der Waals surface area (Å²) in [5.41, 5.74) is 0.764. The van der Waals surface area contributed by atoms with Gasteiger partial charge >= 0.3 is 0 Å². The lowest BCUT2D eigenvalue weighted by atomic mass is 10.4. The molecule has 0 aromatic carbocycles. The molecule has 1 fully saturated rings. The Morgan fingerprint density at radius 3 is 2.85 bits per heavy atom. The van der Waals surface area contributed by atoms with Crippen LogP contribution in [-0.2, 0) is 16.8 Å². The summed E-state index contributed by atoms with van der Waals surface area (Å²) in [4.78, 5) is 4.24. The Morgan fingerprint density at radius 2 is 2.25 bits per heavy atom. The van der Waals surface area contributed by atoms with Crippen LogP contribution in [0.2, 0.25) is 0 Å². The van der Waals surface area contributed by atoms with Gasteiger partial charge in [-0.15, -0.1) is 11.3 Å². The monoisotopic (exact) mass is 318 g/mol. The van der Waals surface area contributed by atoms with E-state index in [-0.39, 0.29) is 6.54 Å². The molecule has 1 aliphatic rings. The van der Waals surface area contributed by atoms with Crippen LogP contribution in [0.25, 0.3) is 0 Å². The van der Waals surface area contributed by atoms with Crippen molar-refractivity contribution in [2.45, 2.75) is 38.8 Å². The van der Waals surface area contributed by atoms with Gasteiger partial charge in [-0.05, 0) is 32.7 Å². The fourth-order valence-electron chi connectivity index (χ4n) is 1.78. The SMILES string of the molecule is Cc1nc(CNS(=O)(=O)N(C)CCCNC2CC2)cs1. The standard InChI is InChI=1S/C12H22N4O2S2/c1-10-15-12(9-19-10)8-14-20(17,18)16(2)7-3-6-13-11-4-5-11/h9,11,13-14H,3-8H2,1-2H3. The summed E-state index contributed by atoms with van der Waals surface area (Å²) in [5.74, 6) is 0. The molecule has 1 aliphatic carbocycles. The number of nitrogens with one attached hydrogen (secondary N) is 2. The summed E-state index contributed by atoms with van der Waals surface area (Å²) in [7, 11) is -1.81. The molecule has 6 nitrogen and oxygen atoms in total. The largest absolute Gasteiger partial charge is 0.314 e. The van der Waals surface area contributed by atoms with Gasteiger partial charge in [-0.1, -0.05) is 0 Å². The highest BCUT2D eigenvalue weighted by molar-refractivity contribution is 7.87. The van der Waals surface area contributed by atoms with Crippen molar-refractivity contribution in [3.05, 3.63) is 16.1 Å². The molecule has 0 saturated heterocycles. The maximum absolute atomic E-state index is 12.0. The minimum absolute atomic E-state index is 0.247. The summed E-state index contributed by atoms with van der Waals surface area (Å²) >= 11 is 1.52. The topological polar surface area (TPSA) is 74.3 Å². The lowest BCUT2D eigenvalue weighted by Gasteiger charge is -2.17. The maximum Gasteiger partial charge on any atom is 0.279 e. The number of hydrogen-bond donors (Lipinski definition) is 2. The summed E-state index contributed by atoms with van der Waals surface area (Å²) in [6.07, 6.45) is 3.33. The van der Waals surface area contributed by atoms with Gasteiger partial charge in [-0.25, -0.2) is 4.98 Å². The molecule has 0 radical (unpaired) electrons. The van der Waals surface area contributed by atoms with Crippen molar-refractivity contribution in [2.75, 3.05) is 20.1 Å². The zero-order valence-electron chi connectivity index (χ0n) is 11.9. The van der Waals surface area contributed by atoms with Gasteiger partial charge < -0.3 is 5.32 Å². The summed E-state index contributed by atoms with van der Waals surface area (Å²) < 4.78 is 28.0. The quantitative estimate of drug-likeness (QED) is 0.662. The number of hydrogen-bond acceptors (Lipinski definition) is 5. The first kappa shape index (κ1) is 15.8. The van der Waals surface area contributed by atoms with Crippen molar-refractivity contribution in [1.82, 2.24) is 19.3 Å². The van der Waals surface area contributed by atoms with E-state index < -0.39 is 10.2 Å². The van der Waals surface area contributed by atoms with Gasteiger partial charge in [-0.2, -0.15) is 17.4 Å². The van der Waals surface area contributed by atoms with Crippen LogP contribution in [0.5, 0.6) is 0 Å². The Kier molecular flexibility index (Phi) is 5.50. The van der Waals surface area contributed by atoms with Crippen molar-refractivity contribution < 1.29 is 8.42 Å². The fraction of sp³-hybridized carbons (Fsp3) is 0.750. The van der Waals surface area contributed by atoms with Gasteiger partial charge in [0.2, 0.25) is 0 Å². The zero-order valence-corrected chi connectivity index (χ0v) is 13.6. The summed E-state index contributed by atoms with van der Waals surface area (Å²) in [6, 6.07) is 0.669. The Balaban J connectivity index is 1.70.